The molecule has 180 valence electrons. The number of hydrogen-bond acceptors (Lipinski definition) is 5. The molecule has 3 heterocycles. The number of hydrogen-bond donors (Lipinski definition) is 2. The van der Waals surface area contributed by atoms with Gasteiger partial charge in [0.05, 0.1) is 10.5 Å². The molecule has 2 aromatic rings. The normalized spacial score (nSPS) is 20.4. The molecular formula is C20H25F3N6O3S. The lowest BCUT2D eigenvalue weighted by molar-refractivity contribution is -0.137. The van der Waals surface area contributed by atoms with Gasteiger partial charge in [-0.1, -0.05) is 0 Å². The molecule has 2 aliphatic heterocycles. The zero-order valence-corrected chi connectivity index (χ0v) is 18.6. The number of alkyl halides is 3. The first-order valence-corrected chi connectivity index (χ1v) is 12.2. The van der Waals surface area contributed by atoms with Gasteiger partial charge in [0.2, 0.25) is 10.0 Å². The average molecular weight is 487 g/mol. The van der Waals surface area contributed by atoms with Crippen LogP contribution in [-0.2, 0) is 16.2 Å². The van der Waals surface area contributed by atoms with Crippen LogP contribution in [0.15, 0.2) is 35.5 Å². The molecular weight excluding hydrogens is 461 g/mol. The van der Waals surface area contributed by atoms with Crippen molar-refractivity contribution in [3.05, 3.63) is 42.0 Å². The standard InChI is InChI=1S/C20H25F3N6O3S/c21-20(22,23)16-1-3-17(4-2-16)33(31,32)26-11-14-5-8-28(9-6-14)19(30)29-10-7-15(12-29)18-24-13-25-27-18/h1-4,13-15,26H,5-12H2,(H,24,25,27)/t15-/m0/s1. The number of nitrogens with one attached hydrogen (secondary N) is 2. The number of carbonyl (C=O) groups excluding carboxylic acids is 1. The van der Waals surface area contributed by atoms with Gasteiger partial charge in [0, 0.05) is 38.6 Å². The van der Waals surface area contributed by atoms with E-state index in [9.17, 15) is 26.4 Å². The molecule has 1 aromatic heterocycles. The topological polar surface area (TPSA) is 111 Å². The summed E-state index contributed by atoms with van der Waals surface area (Å²) in [5.41, 5.74) is -0.899. The number of rotatable bonds is 5. The Morgan fingerprint density at radius 1 is 1.09 bits per heavy atom. The SMILES string of the molecule is O=C(N1CCC(CNS(=O)(=O)c2ccc(C(F)(F)F)cc2)CC1)N1CC[C@H](c2ncn[nH]2)C1. The lowest BCUT2D eigenvalue weighted by Gasteiger charge is -2.34. The lowest BCUT2D eigenvalue weighted by Crippen LogP contribution is -2.47. The highest BCUT2D eigenvalue weighted by Gasteiger charge is 2.34. The Kier molecular flexibility index (Phi) is 6.61. The summed E-state index contributed by atoms with van der Waals surface area (Å²) in [4.78, 5) is 20.4. The van der Waals surface area contributed by atoms with Crippen LogP contribution < -0.4 is 4.72 Å². The van der Waals surface area contributed by atoms with E-state index in [0.717, 1.165) is 36.5 Å². The largest absolute Gasteiger partial charge is 0.416 e. The first-order chi connectivity index (χ1) is 15.6. The molecule has 33 heavy (non-hydrogen) atoms. The molecule has 13 heteroatoms. The molecule has 9 nitrogen and oxygen atoms in total. The number of urea groups is 1. The summed E-state index contributed by atoms with van der Waals surface area (Å²) in [6, 6.07) is 3.39. The molecule has 0 radical (unpaired) electrons. The number of aromatic amines is 1. The van der Waals surface area contributed by atoms with Gasteiger partial charge in [0.25, 0.3) is 0 Å². The van der Waals surface area contributed by atoms with E-state index < -0.39 is 21.8 Å². The summed E-state index contributed by atoms with van der Waals surface area (Å²) in [5, 5.41) is 6.71. The van der Waals surface area contributed by atoms with E-state index in [1.54, 1.807) is 9.80 Å². The molecule has 0 unspecified atom stereocenters. The van der Waals surface area contributed by atoms with Gasteiger partial charge >= 0.3 is 12.2 Å². The smallest absolute Gasteiger partial charge is 0.325 e. The van der Waals surface area contributed by atoms with E-state index in [1.165, 1.54) is 6.33 Å². The van der Waals surface area contributed by atoms with Crippen LogP contribution in [0.3, 0.4) is 0 Å². The molecule has 1 aromatic carbocycles. The van der Waals surface area contributed by atoms with Gasteiger partial charge in [-0.2, -0.15) is 18.3 Å². The van der Waals surface area contributed by atoms with Gasteiger partial charge in [-0.25, -0.2) is 22.9 Å². The van der Waals surface area contributed by atoms with E-state index in [2.05, 4.69) is 19.9 Å². The molecule has 0 aliphatic carbocycles. The number of carbonyl (C=O) groups is 1. The highest BCUT2D eigenvalue weighted by Crippen LogP contribution is 2.30. The van der Waals surface area contributed by atoms with Crippen LogP contribution in [-0.4, -0.2) is 72.2 Å². The third kappa shape index (κ3) is 5.46. The van der Waals surface area contributed by atoms with Crippen molar-refractivity contribution in [3.8, 4) is 0 Å². The minimum absolute atomic E-state index is 0.0270. The number of aromatic nitrogens is 3. The van der Waals surface area contributed by atoms with Crippen molar-refractivity contribution >= 4 is 16.1 Å². The van der Waals surface area contributed by atoms with Crippen LogP contribution in [0.5, 0.6) is 0 Å². The van der Waals surface area contributed by atoms with Crippen molar-refractivity contribution in [3.63, 3.8) is 0 Å². The lowest BCUT2D eigenvalue weighted by atomic mass is 9.97. The van der Waals surface area contributed by atoms with Crippen LogP contribution in [0.2, 0.25) is 0 Å². The van der Waals surface area contributed by atoms with Crippen LogP contribution in [0.4, 0.5) is 18.0 Å². The van der Waals surface area contributed by atoms with Crippen LogP contribution >= 0.6 is 0 Å². The first kappa shape index (κ1) is 23.5. The van der Waals surface area contributed by atoms with Crippen molar-refractivity contribution < 1.29 is 26.4 Å². The number of likely N-dealkylation sites (tertiary alicyclic amines) is 2. The quantitative estimate of drug-likeness (QED) is 0.674. The van der Waals surface area contributed by atoms with E-state index in [0.29, 0.717) is 39.0 Å². The number of halogens is 3. The van der Waals surface area contributed by atoms with E-state index in [-0.39, 0.29) is 29.3 Å². The minimum Gasteiger partial charge on any atom is -0.325 e. The summed E-state index contributed by atoms with van der Waals surface area (Å²) in [5.74, 6) is 0.969. The summed E-state index contributed by atoms with van der Waals surface area (Å²) < 4.78 is 65.4. The summed E-state index contributed by atoms with van der Waals surface area (Å²) in [6.07, 6.45) is -0.964. The van der Waals surface area contributed by atoms with Crippen LogP contribution in [0, 0.1) is 5.92 Å². The van der Waals surface area contributed by atoms with Gasteiger partial charge in [0.15, 0.2) is 0 Å². The van der Waals surface area contributed by atoms with E-state index in [4.69, 9.17) is 0 Å². The van der Waals surface area contributed by atoms with Gasteiger partial charge in [-0.3, -0.25) is 5.10 Å². The summed E-state index contributed by atoms with van der Waals surface area (Å²) >= 11 is 0. The Hall–Kier alpha value is -2.67. The fraction of sp³-hybridized carbons (Fsp3) is 0.550. The number of benzene rings is 1. The Labute approximate surface area is 189 Å². The second-order valence-corrected chi connectivity index (χ2v) is 10.2. The fourth-order valence-electron chi connectivity index (χ4n) is 4.23. The van der Waals surface area contributed by atoms with Crippen molar-refractivity contribution in [1.29, 1.82) is 0 Å². The van der Waals surface area contributed by atoms with Crippen molar-refractivity contribution in [2.75, 3.05) is 32.7 Å². The molecule has 2 amide bonds. The maximum atomic E-state index is 12.8. The number of nitrogens with zero attached hydrogens (tertiary/aromatic N) is 4. The minimum atomic E-state index is -4.52. The molecule has 0 saturated carbocycles. The average Bonchev–Trinajstić information content (AvgIpc) is 3.49. The zero-order valence-electron chi connectivity index (χ0n) is 17.8. The molecule has 0 spiro atoms. The molecule has 2 aliphatic rings. The molecule has 4 rings (SSSR count). The summed E-state index contributed by atoms with van der Waals surface area (Å²) in [6.45, 7) is 2.45. The van der Waals surface area contributed by atoms with Gasteiger partial charge in [0.1, 0.15) is 12.2 Å². The second-order valence-electron chi connectivity index (χ2n) is 8.39. The monoisotopic (exact) mass is 486 g/mol. The Bertz CT molecular complexity index is 1050. The maximum Gasteiger partial charge on any atom is 0.416 e. The Morgan fingerprint density at radius 2 is 1.76 bits per heavy atom. The third-order valence-corrected chi connectivity index (χ3v) is 7.66. The van der Waals surface area contributed by atoms with E-state index >= 15 is 0 Å². The number of piperidine rings is 1. The predicted octanol–water partition coefficient (Wildman–Crippen LogP) is 2.42. The van der Waals surface area contributed by atoms with Crippen LogP contribution in [0.1, 0.15) is 36.6 Å². The number of amides is 2. The van der Waals surface area contributed by atoms with Crippen molar-refractivity contribution in [2.24, 2.45) is 5.92 Å². The molecule has 2 fully saturated rings. The summed E-state index contributed by atoms with van der Waals surface area (Å²) in [7, 11) is -3.91. The van der Waals surface area contributed by atoms with Gasteiger partial charge < -0.3 is 9.80 Å². The molecule has 2 saturated heterocycles. The highest BCUT2D eigenvalue weighted by atomic mass is 32.2. The molecule has 0 bridgehead atoms. The maximum absolute atomic E-state index is 12.8. The molecule has 1 atom stereocenters. The molecule has 2 N–H and O–H groups in total. The van der Waals surface area contributed by atoms with Crippen LogP contribution in [0.25, 0.3) is 0 Å². The number of sulfonamides is 1. The Morgan fingerprint density at radius 3 is 2.36 bits per heavy atom. The van der Waals surface area contributed by atoms with Crippen molar-refractivity contribution in [2.45, 2.75) is 36.3 Å². The highest BCUT2D eigenvalue weighted by molar-refractivity contribution is 7.89. The second kappa shape index (κ2) is 9.29. The van der Waals surface area contributed by atoms with E-state index in [1.807, 2.05) is 0 Å². The first-order valence-electron chi connectivity index (χ1n) is 10.7. The predicted molar refractivity (Wildman–Crippen MR) is 112 cm³/mol. The fourth-order valence-corrected chi connectivity index (χ4v) is 5.35. The van der Waals surface area contributed by atoms with Crippen molar-refractivity contribution in [1.82, 2.24) is 29.7 Å². The Balaban J connectivity index is 1.24. The zero-order chi connectivity index (χ0) is 23.6. The van der Waals surface area contributed by atoms with Gasteiger partial charge in [-0.15, -0.1) is 0 Å². The van der Waals surface area contributed by atoms with Gasteiger partial charge in [-0.05, 0) is 49.4 Å². The third-order valence-electron chi connectivity index (χ3n) is 6.22. The number of H-pyrrole nitrogens is 1.